The van der Waals surface area contributed by atoms with Crippen LogP contribution in [0.15, 0.2) is 170 Å². The van der Waals surface area contributed by atoms with Crippen LogP contribution in [-0.2, 0) is 0 Å². The zero-order valence-electron chi connectivity index (χ0n) is 27.0. The highest BCUT2D eigenvalue weighted by Crippen LogP contribution is 2.43. The summed E-state index contributed by atoms with van der Waals surface area (Å²) in [5.74, 6) is 0.815. The summed E-state index contributed by atoms with van der Waals surface area (Å²) < 4.78 is 4.80. The Morgan fingerprint density at radius 3 is 1.66 bits per heavy atom. The van der Waals surface area contributed by atoms with Gasteiger partial charge in [0.1, 0.15) is 5.69 Å². The van der Waals surface area contributed by atoms with Crippen LogP contribution in [0.5, 0.6) is 0 Å². The van der Waals surface area contributed by atoms with Crippen molar-refractivity contribution in [2.45, 2.75) is 0 Å². The second-order valence-corrected chi connectivity index (χ2v) is 13.0. The van der Waals surface area contributed by atoms with Gasteiger partial charge in [0.15, 0.2) is 5.82 Å². The summed E-state index contributed by atoms with van der Waals surface area (Å²) in [4.78, 5) is 10.7. The molecule has 0 N–H and O–H groups in total. The van der Waals surface area contributed by atoms with Gasteiger partial charge in [0.05, 0.1) is 38.8 Å². The van der Waals surface area contributed by atoms with Crippen molar-refractivity contribution in [1.82, 2.24) is 19.1 Å². The molecule has 11 rings (SSSR count). The molecule has 0 amide bonds. The van der Waals surface area contributed by atoms with E-state index in [9.17, 15) is 0 Å². The quantitative estimate of drug-likeness (QED) is 0.193. The molecule has 0 atom stereocenters. The van der Waals surface area contributed by atoms with Gasteiger partial charge in [0, 0.05) is 27.1 Å². The van der Waals surface area contributed by atoms with Crippen molar-refractivity contribution in [3.63, 3.8) is 0 Å². The summed E-state index contributed by atoms with van der Waals surface area (Å²) in [7, 11) is 0. The molecule has 11 aromatic rings. The van der Waals surface area contributed by atoms with E-state index in [1.54, 1.807) is 0 Å². The zero-order chi connectivity index (χ0) is 32.8. The summed E-state index contributed by atoms with van der Waals surface area (Å²) in [6, 6.07) is 60.7. The van der Waals surface area contributed by atoms with Crippen LogP contribution in [0.1, 0.15) is 0 Å². The molecular formula is C46H28N4. The third-order valence-corrected chi connectivity index (χ3v) is 10.2. The molecule has 0 radical (unpaired) electrons. The highest BCUT2D eigenvalue weighted by molar-refractivity contribution is 6.20. The largest absolute Gasteiger partial charge is 0.309 e. The van der Waals surface area contributed by atoms with Crippen LogP contribution < -0.4 is 0 Å². The molecule has 50 heavy (non-hydrogen) atoms. The molecule has 0 fully saturated rings. The van der Waals surface area contributed by atoms with E-state index < -0.39 is 0 Å². The Kier molecular flexibility index (Phi) is 5.63. The molecule has 4 nitrogen and oxygen atoms in total. The predicted octanol–water partition coefficient (Wildman–Crippen LogP) is 11.8. The summed E-state index contributed by atoms with van der Waals surface area (Å²) >= 11 is 0. The SMILES string of the molecule is c1ccc(-c2nc3ccccc3nc2-n2c3cc4ccccc4cc3c3c(-n4c5ccccc5c5cc6ccccc6cc54)cccc32)cc1. The van der Waals surface area contributed by atoms with Gasteiger partial charge >= 0.3 is 0 Å². The third-order valence-electron chi connectivity index (χ3n) is 10.2. The minimum atomic E-state index is 0.815. The van der Waals surface area contributed by atoms with Gasteiger partial charge in [-0.15, -0.1) is 0 Å². The van der Waals surface area contributed by atoms with Crippen molar-refractivity contribution >= 4 is 76.2 Å². The Hall–Kier alpha value is -6.78. The maximum absolute atomic E-state index is 5.39. The first-order valence-electron chi connectivity index (χ1n) is 17.0. The van der Waals surface area contributed by atoms with Gasteiger partial charge in [-0.2, -0.15) is 0 Å². The van der Waals surface area contributed by atoms with E-state index in [-0.39, 0.29) is 0 Å². The Labute approximate surface area is 287 Å². The average Bonchev–Trinajstić information content (AvgIpc) is 3.67. The highest BCUT2D eigenvalue weighted by Gasteiger charge is 2.23. The second kappa shape index (κ2) is 10.4. The summed E-state index contributed by atoms with van der Waals surface area (Å²) in [5, 5.41) is 9.70. The first kappa shape index (κ1) is 27.2. The van der Waals surface area contributed by atoms with Crippen molar-refractivity contribution in [3.8, 4) is 22.8 Å². The molecule has 3 heterocycles. The lowest BCUT2D eigenvalue weighted by atomic mass is 10.0. The van der Waals surface area contributed by atoms with Crippen LogP contribution in [-0.4, -0.2) is 19.1 Å². The Morgan fingerprint density at radius 1 is 0.360 bits per heavy atom. The molecule has 0 aliphatic rings. The summed E-state index contributed by atoms with van der Waals surface area (Å²) in [6.07, 6.45) is 0. The zero-order valence-corrected chi connectivity index (χ0v) is 27.0. The van der Waals surface area contributed by atoms with E-state index in [0.717, 1.165) is 44.8 Å². The number of fused-ring (bicyclic) bond motifs is 9. The molecule has 3 aromatic heterocycles. The topological polar surface area (TPSA) is 35.6 Å². The molecule has 0 bridgehead atoms. The van der Waals surface area contributed by atoms with E-state index >= 15 is 0 Å². The summed E-state index contributed by atoms with van der Waals surface area (Å²) in [6.45, 7) is 0. The van der Waals surface area contributed by atoms with Crippen LogP contribution in [0, 0.1) is 0 Å². The molecule has 0 aliphatic heterocycles. The Balaban J connectivity index is 1.33. The van der Waals surface area contributed by atoms with Gasteiger partial charge in [-0.3, -0.25) is 4.57 Å². The van der Waals surface area contributed by atoms with Gasteiger partial charge in [0.2, 0.25) is 0 Å². The van der Waals surface area contributed by atoms with Gasteiger partial charge < -0.3 is 4.57 Å². The van der Waals surface area contributed by atoms with E-state index in [1.807, 2.05) is 24.3 Å². The van der Waals surface area contributed by atoms with E-state index in [4.69, 9.17) is 9.97 Å². The van der Waals surface area contributed by atoms with Crippen LogP contribution in [0.3, 0.4) is 0 Å². The van der Waals surface area contributed by atoms with Crippen LogP contribution in [0.25, 0.3) is 99.0 Å². The second-order valence-electron chi connectivity index (χ2n) is 13.0. The smallest absolute Gasteiger partial charge is 0.165 e. The molecule has 232 valence electrons. The predicted molar refractivity (Wildman–Crippen MR) is 209 cm³/mol. The molecule has 8 aromatic carbocycles. The minimum absolute atomic E-state index is 0.815. The third kappa shape index (κ3) is 3.87. The van der Waals surface area contributed by atoms with Crippen LogP contribution in [0.4, 0.5) is 0 Å². The number of benzene rings is 8. The fourth-order valence-corrected chi connectivity index (χ4v) is 8.00. The number of nitrogens with zero attached hydrogens (tertiary/aromatic N) is 4. The lowest BCUT2D eigenvalue weighted by Gasteiger charge is -2.14. The van der Waals surface area contributed by atoms with Gasteiger partial charge in [-0.25, -0.2) is 9.97 Å². The normalized spacial score (nSPS) is 12.0. The first-order chi connectivity index (χ1) is 24.8. The molecule has 4 heteroatoms. The molecule has 0 aliphatic carbocycles. The average molecular weight is 637 g/mol. The van der Waals surface area contributed by atoms with Crippen molar-refractivity contribution in [2.75, 3.05) is 0 Å². The van der Waals surface area contributed by atoms with Crippen molar-refractivity contribution < 1.29 is 0 Å². The number of para-hydroxylation sites is 3. The Bertz CT molecular complexity index is 3150. The number of rotatable bonds is 3. The highest BCUT2D eigenvalue weighted by atomic mass is 15.1. The van der Waals surface area contributed by atoms with E-state index in [2.05, 4.69) is 155 Å². The molecule has 0 saturated heterocycles. The Morgan fingerprint density at radius 2 is 0.920 bits per heavy atom. The first-order valence-corrected chi connectivity index (χ1v) is 17.0. The maximum atomic E-state index is 5.39. The van der Waals surface area contributed by atoms with E-state index in [0.29, 0.717) is 0 Å². The fourth-order valence-electron chi connectivity index (χ4n) is 8.00. The molecular weight excluding hydrogens is 609 g/mol. The van der Waals surface area contributed by atoms with Crippen molar-refractivity contribution in [3.05, 3.63) is 170 Å². The molecule has 0 saturated carbocycles. The van der Waals surface area contributed by atoms with Gasteiger partial charge in [-0.1, -0.05) is 115 Å². The number of hydrogen-bond acceptors (Lipinski definition) is 2. The molecule has 0 spiro atoms. The van der Waals surface area contributed by atoms with Crippen molar-refractivity contribution in [1.29, 1.82) is 0 Å². The van der Waals surface area contributed by atoms with E-state index in [1.165, 1.54) is 54.1 Å². The van der Waals surface area contributed by atoms with Gasteiger partial charge in [0.25, 0.3) is 0 Å². The summed E-state index contributed by atoms with van der Waals surface area (Å²) in [5.41, 5.74) is 9.31. The van der Waals surface area contributed by atoms with Gasteiger partial charge in [-0.05, 0) is 76.1 Å². The van der Waals surface area contributed by atoms with Crippen LogP contribution >= 0.6 is 0 Å². The van der Waals surface area contributed by atoms with Crippen molar-refractivity contribution in [2.24, 2.45) is 0 Å². The lowest BCUT2D eigenvalue weighted by molar-refractivity contribution is 1.08. The monoisotopic (exact) mass is 636 g/mol. The lowest BCUT2D eigenvalue weighted by Crippen LogP contribution is -2.04. The fraction of sp³-hybridized carbons (Fsp3) is 0. The van der Waals surface area contributed by atoms with Crippen LogP contribution in [0.2, 0.25) is 0 Å². The minimum Gasteiger partial charge on any atom is -0.309 e. The standard InChI is InChI=1S/C46H28N4/c1-2-13-29(14-3-1)45-46(48-38-21-10-9-20-37(38)47-45)50-41-24-12-23-40(44(41)36-26-31-16-5-7-18-33(31)28-43(36)50)49-39-22-11-8-19-34(39)35-25-30-15-4-6-17-32(30)27-42(35)49/h1-28H. The number of aromatic nitrogens is 4. The molecule has 0 unspecified atom stereocenters. The maximum Gasteiger partial charge on any atom is 0.165 e. The number of hydrogen-bond donors (Lipinski definition) is 0.